The molecule has 0 amide bonds. The smallest absolute Gasteiger partial charge is 0.351 e. The number of nitrogens with zero attached hydrogens (tertiary/aromatic N) is 3. The molecule has 1 aromatic heterocycles. The van der Waals surface area contributed by atoms with E-state index in [1.54, 1.807) is 36.4 Å². The first-order valence-corrected chi connectivity index (χ1v) is 12.3. The number of aromatic nitrogens is 2. The number of aliphatic hydroxyl groups excluding tert-OH is 2. The number of benzene rings is 2. The van der Waals surface area contributed by atoms with Crippen LogP contribution in [0, 0.1) is 0 Å². The summed E-state index contributed by atoms with van der Waals surface area (Å²) in [6.07, 6.45) is -4.67. The average Bonchev–Trinajstić information content (AvgIpc) is 3.21. The predicted octanol–water partition coefficient (Wildman–Crippen LogP) is 1.25. The minimum atomic E-state index is -1.49. The monoisotopic (exact) mass is 572 g/mol. The first-order valence-electron chi connectivity index (χ1n) is 12.0. The molecule has 14 heteroatoms. The van der Waals surface area contributed by atoms with E-state index in [4.69, 9.17) is 31.5 Å². The SMILES string of the molecule is Nc1ccn(C2O[C@H](COC(=O)CCC(=O)Oc3ccc(/C(=N/O)c4ccc(Cl)cc4)cc3)[C@@H](O)[C@H]2O)c(=O)n1. The van der Waals surface area contributed by atoms with Gasteiger partial charge in [-0.1, -0.05) is 28.9 Å². The minimum Gasteiger partial charge on any atom is -0.463 e. The molecule has 0 radical (unpaired) electrons. The fourth-order valence-electron chi connectivity index (χ4n) is 3.92. The Morgan fingerprint density at radius 3 is 2.25 bits per heavy atom. The summed E-state index contributed by atoms with van der Waals surface area (Å²) in [4.78, 5) is 39.9. The summed E-state index contributed by atoms with van der Waals surface area (Å²) in [5.41, 5.74) is 6.16. The van der Waals surface area contributed by atoms with E-state index < -0.39 is 48.8 Å². The molecule has 0 aliphatic carbocycles. The van der Waals surface area contributed by atoms with E-state index in [1.807, 2.05) is 0 Å². The number of hydrogen-bond acceptors (Lipinski definition) is 12. The van der Waals surface area contributed by atoms with Gasteiger partial charge in [-0.05, 0) is 42.5 Å². The van der Waals surface area contributed by atoms with Crippen LogP contribution in [0.1, 0.15) is 30.2 Å². The molecule has 1 aliphatic heterocycles. The van der Waals surface area contributed by atoms with E-state index in [-0.39, 0.29) is 24.4 Å². The number of nitrogen functional groups attached to an aromatic ring is 1. The van der Waals surface area contributed by atoms with E-state index in [1.165, 1.54) is 24.4 Å². The summed E-state index contributed by atoms with van der Waals surface area (Å²) in [5, 5.41) is 33.8. The topological polar surface area (TPSA) is 196 Å². The third kappa shape index (κ3) is 6.82. The zero-order valence-corrected chi connectivity index (χ0v) is 21.5. The van der Waals surface area contributed by atoms with E-state index in [9.17, 15) is 29.8 Å². The average molecular weight is 573 g/mol. The molecular formula is C26H25ClN4O9. The Bertz CT molecular complexity index is 1440. The summed E-state index contributed by atoms with van der Waals surface area (Å²) in [6, 6.07) is 14.3. The molecule has 5 N–H and O–H groups in total. The van der Waals surface area contributed by atoms with Gasteiger partial charge in [-0.3, -0.25) is 14.2 Å². The lowest BCUT2D eigenvalue weighted by Crippen LogP contribution is -2.36. The highest BCUT2D eigenvalue weighted by molar-refractivity contribution is 6.30. The molecule has 40 heavy (non-hydrogen) atoms. The Labute approximate surface area is 232 Å². The van der Waals surface area contributed by atoms with Crippen molar-refractivity contribution in [3.8, 4) is 5.75 Å². The highest BCUT2D eigenvalue weighted by atomic mass is 35.5. The number of rotatable bonds is 9. The highest BCUT2D eigenvalue weighted by Gasteiger charge is 2.44. The zero-order chi connectivity index (χ0) is 28.8. The number of ether oxygens (including phenoxy) is 3. The largest absolute Gasteiger partial charge is 0.463 e. The van der Waals surface area contributed by atoms with Gasteiger partial charge in [0, 0.05) is 22.3 Å². The number of anilines is 1. The molecule has 4 atom stereocenters. The number of oxime groups is 1. The number of carbonyl (C=O) groups excluding carboxylic acids is 2. The maximum absolute atomic E-state index is 12.2. The van der Waals surface area contributed by atoms with Crippen molar-refractivity contribution in [2.75, 3.05) is 12.3 Å². The molecule has 1 aliphatic rings. The van der Waals surface area contributed by atoms with Crippen LogP contribution in [-0.4, -0.2) is 67.5 Å². The van der Waals surface area contributed by atoms with E-state index in [0.29, 0.717) is 21.9 Å². The van der Waals surface area contributed by atoms with Gasteiger partial charge >= 0.3 is 17.6 Å². The van der Waals surface area contributed by atoms with Crippen molar-refractivity contribution in [1.82, 2.24) is 9.55 Å². The molecule has 2 aromatic carbocycles. The molecule has 0 bridgehead atoms. The van der Waals surface area contributed by atoms with Gasteiger partial charge in [0.05, 0.1) is 12.8 Å². The lowest BCUT2D eigenvalue weighted by atomic mass is 10.0. The molecule has 1 unspecified atom stereocenters. The van der Waals surface area contributed by atoms with Crippen LogP contribution >= 0.6 is 11.6 Å². The molecule has 3 aromatic rings. The van der Waals surface area contributed by atoms with Gasteiger partial charge in [-0.15, -0.1) is 0 Å². The highest BCUT2D eigenvalue weighted by Crippen LogP contribution is 2.28. The van der Waals surface area contributed by atoms with Gasteiger partial charge in [0.25, 0.3) is 0 Å². The van der Waals surface area contributed by atoms with Crippen molar-refractivity contribution in [3.05, 3.63) is 87.4 Å². The Morgan fingerprint density at radius 1 is 1.00 bits per heavy atom. The lowest BCUT2D eigenvalue weighted by molar-refractivity contribution is -0.152. The predicted molar refractivity (Wildman–Crippen MR) is 140 cm³/mol. The third-order valence-electron chi connectivity index (χ3n) is 5.98. The van der Waals surface area contributed by atoms with Gasteiger partial charge in [-0.25, -0.2) is 4.79 Å². The van der Waals surface area contributed by atoms with Crippen LogP contribution in [0.3, 0.4) is 0 Å². The minimum absolute atomic E-state index is 0.0187. The maximum atomic E-state index is 12.2. The summed E-state index contributed by atoms with van der Waals surface area (Å²) < 4.78 is 16.8. The second-order valence-electron chi connectivity index (χ2n) is 8.73. The summed E-state index contributed by atoms with van der Waals surface area (Å²) in [5.74, 6) is -1.26. The van der Waals surface area contributed by atoms with E-state index >= 15 is 0 Å². The number of carbonyl (C=O) groups is 2. The quantitative estimate of drug-likeness (QED) is 0.0946. The Hall–Kier alpha value is -4.30. The molecule has 210 valence electrons. The lowest BCUT2D eigenvalue weighted by Gasteiger charge is -2.16. The van der Waals surface area contributed by atoms with Crippen molar-refractivity contribution < 1.29 is 39.2 Å². The molecule has 0 spiro atoms. The first-order chi connectivity index (χ1) is 19.2. The maximum Gasteiger partial charge on any atom is 0.351 e. The second kappa shape index (κ2) is 12.7. The molecule has 1 saturated heterocycles. The molecule has 1 fully saturated rings. The van der Waals surface area contributed by atoms with Crippen LogP contribution in [-0.2, 0) is 19.1 Å². The van der Waals surface area contributed by atoms with Gasteiger partial charge in [0.15, 0.2) is 6.23 Å². The summed E-state index contributed by atoms with van der Waals surface area (Å²) in [7, 11) is 0. The normalized spacial score (nSPS) is 20.7. The van der Waals surface area contributed by atoms with Gasteiger partial charge in [0.1, 0.15) is 42.2 Å². The van der Waals surface area contributed by atoms with Crippen LogP contribution in [0.15, 0.2) is 70.7 Å². The van der Waals surface area contributed by atoms with Crippen molar-refractivity contribution >= 4 is 35.1 Å². The van der Waals surface area contributed by atoms with E-state index in [2.05, 4.69) is 10.1 Å². The molecule has 13 nitrogen and oxygen atoms in total. The number of halogens is 1. The standard InChI is InChI=1S/C26H25ClN4O9/c27-16-5-1-14(2-6-16)22(30-37)15-3-7-17(8-4-15)39-21(33)10-9-20(32)38-13-18-23(34)24(35)25(40-18)31-12-11-19(28)29-26(31)36/h1-8,11-12,18,23-25,34-35,37H,9-10,13H2,(H2,28,29,36)/b30-22+/t18-,23-,24-,25?/m1/s1. The molecule has 2 heterocycles. The number of nitrogens with two attached hydrogens (primary N) is 1. The van der Waals surface area contributed by atoms with Crippen LogP contribution in [0.4, 0.5) is 5.82 Å². The zero-order valence-electron chi connectivity index (χ0n) is 20.8. The molecule has 0 saturated carbocycles. The van der Waals surface area contributed by atoms with Crippen molar-refractivity contribution in [2.45, 2.75) is 37.4 Å². The van der Waals surface area contributed by atoms with Crippen LogP contribution in [0.25, 0.3) is 0 Å². The third-order valence-corrected chi connectivity index (χ3v) is 6.23. The van der Waals surface area contributed by atoms with Crippen LogP contribution < -0.4 is 16.2 Å². The first kappa shape index (κ1) is 28.7. The van der Waals surface area contributed by atoms with Gasteiger partial charge in [0.2, 0.25) is 0 Å². The number of esters is 2. The van der Waals surface area contributed by atoms with Crippen LogP contribution in [0.2, 0.25) is 5.02 Å². The fourth-order valence-corrected chi connectivity index (χ4v) is 4.05. The van der Waals surface area contributed by atoms with Gasteiger partial charge < -0.3 is 35.4 Å². The molecular weight excluding hydrogens is 548 g/mol. The fraction of sp³-hybridized carbons (Fsp3) is 0.269. The molecule has 4 rings (SSSR count). The van der Waals surface area contributed by atoms with Crippen molar-refractivity contribution in [1.29, 1.82) is 0 Å². The van der Waals surface area contributed by atoms with Crippen LogP contribution in [0.5, 0.6) is 5.75 Å². The second-order valence-corrected chi connectivity index (χ2v) is 9.16. The number of hydrogen-bond donors (Lipinski definition) is 4. The van der Waals surface area contributed by atoms with Crippen molar-refractivity contribution in [2.24, 2.45) is 5.16 Å². The van der Waals surface area contributed by atoms with E-state index in [0.717, 1.165) is 4.57 Å². The summed E-state index contributed by atoms with van der Waals surface area (Å²) in [6.45, 7) is -0.427. The Morgan fingerprint density at radius 2 is 1.62 bits per heavy atom. The van der Waals surface area contributed by atoms with Gasteiger partial charge in [-0.2, -0.15) is 4.98 Å². The Balaban J connectivity index is 1.24. The Kier molecular flexibility index (Phi) is 9.11. The summed E-state index contributed by atoms with van der Waals surface area (Å²) >= 11 is 5.89. The van der Waals surface area contributed by atoms with Crippen molar-refractivity contribution in [3.63, 3.8) is 0 Å². The number of aliphatic hydroxyl groups is 2.